The molecule has 0 aromatic heterocycles. The largest absolute Gasteiger partial charge is 0.481 e. The summed E-state index contributed by atoms with van der Waals surface area (Å²) < 4.78 is 10.0. The zero-order chi connectivity index (χ0) is 20.1. The molecule has 0 bridgehead atoms. The molecule has 0 fully saturated rings. The lowest BCUT2D eigenvalue weighted by molar-refractivity contribution is -0.384. The van der Waals surface area contributed by atoms with Gasteiger partial charge in [-0.3, -0.25) is 19.9 Å². The molecule has 2 atom stereocenters. The van der Waals surface area contributed by atoms with E-state index in [0.29, 0.717) is 17.0 Å². The van der Waals surface area contributed by atoms with Crippen LogP contribution in [0.5, 0.6) is 0 Å². The van der Waals surface area contributed by atoms with Crippen molar-refractivity contribution in [2.75, 3.05) is 20.3 Å². The van der Waals surface area contributed by atoms with Gasteiger partial charge >= 0.3 is 11.9 Å². The van der Waals surface area contributed by atoms with Gasteiger partial charge in [-0.2, -0.15) is 0 Å². The number of non-ortho nitro benzene ring substituents is 1. The van der Waals surface area contributed by atoms with E-state index >= 15 is 0 Å². The molecule has 2 rings (SSSR count). The minimum Gasteiger partial charge on any atom is -0.481 e. The number of methoxy groups -OCH3 is 1. The Labute approximate surface area is 155 Å². The summed E-state index contributed by atoms with van der Waals surface area (Å²) in [5, 5.41) is 20.8. The van der Waals surface area contributed by atoms with E-state index in [9.17, 15) is 24.8 Å². The molecule has 144 valence electrons. The van der Waals surface area contributed by atoms with E-state index in [1.807, 2.05) is 0 Å². The molecule has 0 spiro atoms. The van der Waals surface area contributed by atoms with Crippen LogP contribution in [0.2, 0.25) is 0 Å². The monoisotopic (exact) mass is 376 g/mol. The van der Waals surface area contributed by atoms with Gasteiger partial charge in [0.1, 0.15) is 12.5 Å². The standard InChI is InChI=1S/C18H20N2O7/c1-10-14(17(21)22)16(12-5-4-6-13(9-12)20(24)25)15(11(2)19-10)18(23)27-8-7-26-3/h4-6,9,14,16H,7-8H2,1-3H3,(H,21,22). The summed E-state index contributed by atoms with van der Waals surface area (Å²) in [6.07, 6.45) is 0. The number of aliphatic imine (C=N–C) groups is 1. The maximum atomic E-state index is 12.6. The van der Waals surface area contributed by atoms with Gasteiger partial charge in [0.15, 0.2) is 0 Å². The quantitative estimate of drug-likeness (QED) is 0.335. The summed E-state index contributed by atoms with van der Waals surface area (Å²) in [4.78, 5) is 39.3. The highest BCUT2D eigenvalue weighted by Crippen LogP contribution is 2.40. The Kier molecular flexibility index (Phi) is 6.40. The maximum Gasteiger partial charge on any atom is 0.336 e. The van der Waals surface area contributed by atoms with Crippen LogP contribution in [-0.4, -0.2) is 48.0 Å². The topological polar surface area (TPSA) is 128 Å². The number of carbonyl (C=O) groups excluding carboxylic acids is 1. The molecule has 2 unspecified atom stereocenters. The smallest absolute Gasteiger partial charge is 0.336 e. The average Bonchev–Trinajstić information content (AvgIpc) is 2.60. The summed E-state index contributed by atoms with van der Waals surface area (Å²) >= 11 is 0. The van der Waals surface area contributed by atoms with Gasteiger partial charge in [0.25, 0.3) is 5.69 Å². The molecule has 0 saturated heterocycles. The molecule has 1 heterocycles. The van der Waals surface area contributed by atoms with Gasteiger partial charge in [-0.15, -0.1) is 0 Å². The highest BCUT2D eigenvalue weighted by molar-refractivity contribution is 6.06. The number of carbonyl (C=O) groups is 2. The molecule has 0 saturated carbocycles. The lowest BCUT2D eigenvalue weighted by atomic mass is 9.75. The van der Waals surface area contributed by atoms with Crippen LogP contribution in [0, 0.1) is 16.0 Å². The van der Waals surface area contributed by atoms with Crippen molar-refractivity contribution in [1.29, 1.82) is 0 Å². The number of aliphatic carboxylic acids is 1. The number of rotatable bonds is 7. The highest BCUT2D eigenvalue weighted by Gasteiger charge is 2.42. The van der Waals surface area contributed by atoms with Crippen LogP contribution >= 0.6 is 0 Å². The number of hydrogen-bond donors (Lipinski definition) is 1. The maximum absolute atomic E-state index is 12.6. The molecule has 9 nitrogen and oxygen atoms in total. The number of ether oxygens (including phenoxy) is 2. The Morgan fingerprint density at radius 2 is 2.00 bits per heavy atom. The summed E-state index contributed by atoms with van der Waals surface area (Å²) in [6, 6.07) is 5.59. The third-order valence-electron chi connectivity index (χ3n) is 4.27. The van der Waals surface area contributed by atoms with Crippen LogP contribution < -0.4 is 0 Å². The lowest BCUT2D eigenvalue weighted by Gasteiger charge is -2.30. The van der Waals surface area contributed by atoms with Gasteiger partial charge in [0, 0.05) is 36.6 Å². The molecular weight excluding hydrogens is 356 g/mol. The summed E-state index contributed by atoms with van der Waals surface area (Å²) in [5.41, 5.74) is 0.851. The van der Waals surface area contributed by atoms with Gasteiger partial charge in [-0.1, -0.05) is 12.1 Å². The van der Waals surface area contributed by atoms with Crippen molar-refractivity contribution in [3.05, 3.63) is 51.2 Å². The third-order valence-corrected chi connectivity index (χ3v) is 4.27. The molecule has 0 aliphatic carbocycles. The Bertz CT molecular complexity index is 829. The fraction of sp³-hybridized carbons (Fsp3) is 0.389. The number of nitrogens with zero attached hydrogens (tertiary/aromatic N) is 2. The molecule has 1 N–H and O–H groups in total. The first-order valence-electron chi connectivity index (χ1n) is 8.17. The number of hydrogen-bond acceptors (Lipinski definition) is 7. The second-order valence-corrected chi connectivity index (χ2v) is 6.03. The molecule has 27 heavy (non-hydrogen) atoms. The molecule has 9 heteroatoms. The van der Waals surface area contributed by atoms with Gasteiger partial charge in [-0.25, -0.2) is 4.79 Å². The molecular formula is C18H20N2O7. The number of esters is 1. The predicted octanol–water partition coefficient (Wildman–Crippen LogP) is 2.32. The van der Waals surface area contributed by atoms with Crippen molar-refractivity contribution < 1.29 is 29.1 Å². The number of carboxylic acid groups (broad SMARTS) is 1. The first-order valence-corrected chi connectivity index (χ1v) is 8.17. The fourth-order valence-electron chi connectivity index (χ4n) is 3.11. The van der Waals surface area contributed by atoms with Crippen LogP contribution in [0.4, 0.5) is 5.69 Å². The van der Waals surface area contributed by atoms with E-state index in [4.69, 9.17) is 9.47 Å². The SMILES string of the molecule is COCCOC(=O)C1=C(C)N=C(C)C(C(=O)O)C1c1cccc([N+](=O)[O-])c1. The minimum atomic E-state index is -1.18. The number of carboxylic acids is 1. The van der Waals surface area contributed by atoms with Gasteiger partial charge in [-0.05, 0) is 19.4 Å². The van der Waals surface area contributed by atoms with Crippen LogP contribution in [0.25, 0.3) is 0 Å². The van der Waals surface area contributed by atoms with E-state index in [1.165, 1.54) is 25.3 Å². The first kappa shape index (κ1) is 20.2. The van der Waals surface area contributed by atoms with Crippen molar-refractivity contribution in [2.45, 2.75) is 19.8 Å². The van der Waals surface area contributed by atoms with E-state index < -0.39 is 28.7 Å². The number of benzene rings is 1. The lowest BCUT2D eigenvalue weighted by Crippen LogP contribution is -2.35. The number of allylic oxidation sites excluding steroid dienone is 1. The third kappa shape index (κ3) is 4.37. The summed E-state index contributed by atoms with van der Waals surface area (Å²) in [6.45, 7) is 3.32. The normalized spacial score (nSPS) is 19.4. The van der Waals surface area contributed by atoms with Crippen molar-refractivity contribution >= 4 is 23.3 Å². The van der Waals surface area contributed by atoms with Crippen molar-refractivity contribution in [1.82, 2.24) is 0 Å². The molecule has 1 aromatic rings. The Hall–Kier alpha value is -3.07. The molecule has 1 aliphatic rings. The van der Waals surface area contributed by atoms with E-state index in [0.717, 1.165) is 0 Å². The van der Waals surface area contributed by atoms with E-state index in [1.54, 1.807) is 19.9 Å². The van der Waals surface area contributed by atoms with E-state index in [-0.39, 0.29) is 24.5 Å². The van der Waals surface area contributed by atoms with Gasteiger partial charge in [0.2, 0.25) is 0 Å². The Balaban J connectivity index is 2.56. The highest BCUT2D eigenvalue weighted by atomic mass is 16.6. The molecule has 0 amide bonds. The van der Waals surface area contributed by atoms with Crippen molar-refractivity contribution in [3.63, 3.8) is 0 Å². The first-order chi connectivity index (χ1) is 12.8. The van der Waals surface area contributed by atoms with E-state index in [2.05, 4.69) is 4.99 Å². The zero-order valence-electron chi connectivity index (χ0n) is 15.2. The Morgan fingerprint density at radius 3 is 2.59 bits per heavy atom. The molecule has 1 aromatic carbocycles. The van der Waals surface area contributed by atoms with Crippen molar-refractivity contribution in [2.24, 2.45) is 10.9 Å². The van der Waals surface area contributed by atoms with Crippen LogP contribution in [0.15, 0.2) is 40.5 Å². The van der Waals surface area contributed by atoms with Crippen molar-refractivity contribution in [3.8, 4) is 0 Å². The second-order valence-electron chi connectivity index (χ2n) is 6.03. The average molecular weight is 376 g/mol. The zero-order valence-corrected chi connectivity index (χ0v) is 15.2. The number of nitro benzene ring substituents is 1. The predicted molar refractivity (Wildman–Crippen MR) is 95.6 cm³/mol. The number of nitro groups is 1. The summed E-state index contributed by atoms with van der Waals surface area (Å²) in [5.74, 6) is -3.98. The van der Waals surface area contributed by atoms with Gasteiger partial charge < -0.3 is 14.6 Å². The second kappa shape index (κ2) is 8.54. The Morgan fingerprint density at radius 1 is 1.30 bits per heavy atom. The molecule has 0 radical (unpaired) electrons. The van der Waals surface area contributed by atoms with Crippen LogP contribution in [-0.2, 0) is 19.1 Å². The summed E-state index contributed by atoms with van der Waals surface area (Å²) in [7, 11) is 1.46. The minimum absolute atomic E-state index is 0.00575. The van der Waals surface area contributed by atoms with Crippen LogP contribution in [0.1, 0.15) is 25.3 Å². The van der Waals surface area contributed by atoms with Gasteiger partial charge in [0.05, 0.1) is 17.1 Å². The van der Waals surface area contributed by atoms with Crippen LogP contribution in [0.3, 0.4) is 0 Å². The molecule has 1 aliphatic heterocycles. The fourth-order valence-corrected chi connectivity index (χ4v) is 3.11.